The molecule has 2 aromatic carbocycles. The van der Waals surface area contributed by atoms with Crippen LogP contribution < -0.4 is 0 Å². The van der Waals surface area contributed by atoms with Crippen LogP contribution in [0.5, 0.6) is 0 Å². The Morgan fingerprint density at radius 1 is 1.04 bits per heavy atom. The largest absolute Gasteiger partial charge is 0.288 e. The van der Waals surface area contributed by atoms with Crippen molar-refractivity contribution in [1.29, 1.82) is 0 Å². The summed E-state index contributed by atoms with van der Waals surface area (Å²) in [7, 11) is 0. The highest BCUT2D eigenvalue weighted by Gasteiger charge is 2.08. The van der Waals surface area contributed by atoms with Crippen molar-refractivity contribution in [3.63, 3.8) is 0 Å². The van der Waals surface area contributed by atoms with Crippen LogP contribution in [0.1, 0.15) is 31.4 Å². The first kappa shape index (κ1) is 17.7. The van der Waals surface area contributed by atoms with Crippen LogP contribution in [-0.4, -0.2) is 12.8 Å². The van der Waals surface area contributed by atoms with Crippen LogP contribution in [0.3, 0.4) is 0 Å². The lowest BCUT2D eigenvalue weighted by Crippen LogP contribution is -1.93. The Morgan fingerprint density at radius 2 is 1.75 bits per heavy atom. The molecule has 0 aliphatic rings. The van der Waals surface area contributed by atoms with Crippen molar-refractivity contribution in [1.82, 2.24) is 0 Å². The first-order valence-corrected chi connectivity index (χ1v) is 8.35. The van der Waals surface area contributed by atoms with E-state index in [0.29, 0.717) is 6.54 Å². The lowest BCUT2D eigenvalue weighted by atomic mass is 9.92. The first-order valence-electron chi connectivity index (χ1n) is 8.35. The molecule has 1 nitrogen and oxygen atoms in total. The summed E-state index contributed by atoms with van der Waals surface area (Å²) in [5.41, 5.74) is 6.15. The zero-order valence-corrected chi connectivity index (χ0v) is 14.6. The second-order valence-corrected chi connectivity index (χ2v) is 5.61. The third-order valence-corrected chi connectivity index (χ3v) is 3.86. The molecule has 0 aliphatic heterocycles. The quantitative estimate of drug-likeness (QED) is 0.418. The SMILES string of the molecule is C=CC/N=C/c1ccccc1-c1ccccc1/C(C)=C/C/C=C\C. The lowest BCUT2D eigenvalue weighted by Gasteiger charge is -2.12. The summed E-state index contributed by atoms with van der Waals surface area (Å²) in [5.74, 6) is 0. The minimum atomic E-state index is 0.637. The van der Waals surface area contributed by atoms with Crippen LogP contribution in [-0.2, 0) is 0 Å². The van der Waals surface area contributed by atoms with Crippen molar-refractivity contribution >= 4 is 11.8 Å². The minimum absolute atomic E-state index is 0.637. The molecule has 0 radical (unpaired) electrons. The number of hydrogen-bond donors (Lipinski definition) is 0. The Balaban J connectivity index is 2.47. The molecule has 2 aromatic rings. The van der Waals surface area contributed by atoms with Crippen molar-refractivity contribution < 1.29 is 0 Å². The van der Waals surface area contributed by atoms with Crippen LogP contribution >= 0.6 is 0 Å². The topological polar surface area (TPSA) is 12.4 Å². The maximum atomic E-state index is 4.41. The van der Waals surface area contributed by atoms with E-state index in [1.54, 1.807) is 6.08 Å². The van der Waals surface area contributed by atoms with E-state index in [2.05, 4.69) is 92.2 Å². The van der Waals surface area contributed by atoms with E-state index >= 15 is 0 Å². The van der Waals surface area contributed by atoms with Gasteiger partial charge in [-0.15, -0.1) is 6.58 Å². The number of aliphatic imine (C=N–C) groups is 1. The number of rotatable bonds is 7. The number of benzene rings is 2. The van der Waals surface area contributed by atoms with Gasteiger partial charge in [-0.25, -0.2) is 0 Å². The standard InChI is InChI=1S/C23H25N/c1-4-6-7-12-19(3)21-14-10-11-16-23(21)22-15-9-8-13-20(22)18-24-17-5-2/h4-6,8-16,18H,2,7,17H2,1,3H3/b6-4-,19-12+,24-18+. The van der Waals surface area contributed by atoms with E-state index in [-0.39, 0.29) is 0 Å². The van der Waals surface area contributed by atoms with Crippen molar-refractivity contribution in [3.8, 4) is 11.1 Å². The van der Waals surface area contributed by atoms with Gasteiger partial charge in [0, 0.05) is 11.8 Å². The van der Waals surface area contributed by atoms with Gasteiger partial charge in [-0.3, -0.25) is 4.99 Å². The predicted molar refractivity (Wildman–Crippen MR) is 108 cm³/mol. The van der Waals surface area contributed by atoms with Crippen LogP contribution in [0.4, 0.5) is 0 Å². The summed E-state index contributed by atoms with van der Waals surface area (Å²) in [6.07, 6.45) is 11.2. The molecule has 0 atom stereocenters. The maximum Gasteiger partial charge on any atom is 0.0567 e. The molecular formula is C23H25N. The Bertz CT molecular complexity index is 763. The molecule has 0 fully saturated rings. The number of allylic oxidation sites excluding steroid dienone is 4. The van der Waals surface area contributed by atoms with E-state index in [1.807, 2.05) is 6.21 Å². The van der Waals surface area contributed by atoms with Crippen molar-refractivity contribution in [3.05, 3.63) is 90.5 Å². The van der Waals surface area contributed by atoms with E-state index < -0.39 is 0 Å². The fourth-order valence-corrected chi connectivity index (χ4v) is 2.63. The van der Waals surface area contributed by atoms with Crippen molar-refractivity contribution in [2.24, 2.45) is 4.99 Å². The minimum Gasteiger partial charge on any atom is -0.288 e. The second-order valence-electron chi connectivity index (χ2n) is 5.61. The summed E-state index contributed by atoms with van der Waals surface area (Å²) in [6.45, 7) is 8.58. The fraction of sp³-hybridized carbons (Fsp3) is 0.174. The lowest BCUT2D eigenvalue weighted by molar-refractivity contribution is 1.26. The first-order chi connectivity index (χ1) is 11.8. The molecule has 0 unspecified atom stereocenters. The van der Waals surface area contributed by atoms with Gasteiger partial charge < -0.3 is 0 Å². The van der Waals surface area contributed by atoms with Crippen LogP contribution in [0.2, 0.25) is 0 Å². The molecule has 0 bridgehead atoms. The summed E-state index contributed by atoms with van der Waals surface area (Å²) in [6, 6.07) is 17.0. The summed E-state index contributed by atoms with van der Waals surface area (Å²) < 4.78 is 0. The van der Waals surface area contributed by atoms with Gasteiger partial charge in [0.1, 0.15) is 0 Å². The smallest absolute Gasteiger partial charge is 0.0567 e. The average Bonchev–Trinajstić information content (AvgIpc) is 2.62. The molecular weight excluding hydrogens is 290 g/mol. The molecule has 0 saturated heterocycles. The molecule has 0 saturated carbocycles. The predicted octanol–water partition coefficient (Wildman–Crippen LogP) is 6.33. The van der Waals surface area contributed by atoms with E-state index in [0.717, 1.165) is 12.0 Å². The Hall–Kier alpha value is -2.67. The normalized spacial score (nSPS) is 12.2. The molecule has 2 rings (SSSR count). The third-order valence-electron chi connectivity index (χ3n) is 3.86. The Kier molecular flexibility index (Phi) is 6.97. The van der Waals surface area contributed by atoms with Crippen molar-refractivity contribution in [2.75, 3.05) is 6.54 Å². The van der Waals surface area contributed by atoms with Gasteiger partial charge >= 0.3 is 0 Å². The zero-order valence-electron chi connectivity index (χ0n) is 14.6. The van der Waals surface area contributed by atoms with Crippen LogP contribution in [0.15, 0.2) is 84.4 Å². The second kappa shape index (κ2) is 9.46. The molecule has 0 N–H and O–H groups in total. The maximum absolute atomic E-state index is 4.41. The van der Waals surface area contributed by atoms with Crippen LogP contribution in [0.25, 0.3) is 16.7 Å². The van der Waals surface area contributed by atoms with Gasteiger partial charge in [-0.2, -0.15) is 0 Å². The summed E-state index contributed by atoms with van der Waals surface area (Å²) in [5, 5.41) is 0. The highest BCUT2D eigenvalue weighted by molar-refractivity contribution is 5.93. The molecule has 0 aliphatic carbocycles. The molecule has 24 heavy (non-hydrogen) atoms. The zero-order chi connectivity index (χ0) is 17.2. The highest BCUT2D eigenvalue weighted by atomic mass is 14.7. The van der Waals surface area contributed by atoms with E-state index in [4.69, 9.17) is 0 Å². The Labute approximate surface area is 145 Å². The van der Waals surface area contributed by atoms with Gasteiger partial charge in [0.25, 0.3) is 0 Å². The molecule has 0 amide bonds. The summed E-state index contributed by atoms with van der Waals surface area (Å²) >= 11 is 0. The average molecular weight is 315 g/mol. The van der Waals surface area contributed by atoms with E-state index in [1.165, 1.54) is 22.3 Å². The monoisotopic (exact) mass is 315 g/mol. The van der Waals surface area contributed by atoms with Gasteiger partial charge in [-0.1, -0.05) is 72.8 Å². The summed E-state index contributed by atoms with van der Waals surface area (Å²) in [4.78, 5) is 4.41. The molecule has 1 heteroatoms. The molecule has 0 spiro atoms. The van der Waals surface area contributed by atoms with Crippen molar-refractivity contribution in [2.45, 2.75) is 20.3 Å². The molecule has 122 valence electrons. The molecule has 0 aromatic heterocycles. The Morgan fingerprint density at radius 3 is 2.50 bits per heavy atom. The number of nitrogens with zero attached hydrogens (tertiary/aromatic N) is 1. The van der Waals surface area contributed by atoms with E-state index in [9.17, 15) is 0 Å². The van der Waals surface area contributed by atoms with Gasteiger partial charge in [-0.05, 0) is 42.5 Å². The fourth-order valence-electron chi connectivity index (χ4n) is 2.63. The van der Waals surface area contributed by atoms with Crippen LogP contribution in [0, 0.1) is 0 Å². The molecule has 0 heterocycles. The van der Waals surface area contributed by atoms with Gasteiger partial charge in [0.2, 0.25) is 0 Å². The number of hydrogen-bond acceptors (Lipinski definition) is 1. The third kappa shape index (κ3) is 4.66. The van der Waals surface area contributed by atoms with Gasteiger partial charge in [0.15, 0.2) is 0 Å². The highest BCUT2D eigenvalue weighted by Crippen LogP contribution is 2.30. The van der Waals surface area contributed by atoms with Gasteiger partial charge in [0.05, 0.1) is 6.54 Å².